The molecule has 0 saturated carbocycles. The summed E-state index contributed by atoms with van der Waals surface area (Å²) in [5.41, 5.74) is 0.340. The molecule has 0 amide bonds. The summed E-state index contributed by atoms with van der Waals surface area (Å²) in [7, 11) is 0. The van der Waals surface area contributed by atoms with Crippen LogP contribution in [0.4, 0.5) is 0 Å². The number of hydrogen-bond acceptors (Lipinski definition) is 3. The van der Waals surface area contributed by atoms with Gasteiger partial charge in [0, 0.05) is 0 Å². The summed E-state index contributed by atoms with van der Waals surface area (Å²) >= 11 is 3.08. The third-order valence-electron chi connectivity index (χ3n) is 1.58. The highest BCUT2D eigenvalue weighted by Crippen LogP contribution is 2.20. The van der Waals surface area contributed by atoms with Crippen molar-refractivity contribution >= 4 is 15.9 Å². The Hall–Kier alpha value is -1.29. The standard InChI is InChI=1S/C9H5BrO3/c10-7-4-6(5-13-9(7)11)8-2-1-3-12-8/h1-5H. The van der Waals surface area contributed by atoms with Crippen LogP contribution in [0.15, 0.2) is 48.8 Å². The second-order valence-corrected chi connectivity index (χ2v) is 3.30. The fraction of sp³-hybridized carbons (Fsp3) is 0. The maximum atomic E-state index is 10.9. The van der Waals surface area contributed by atoms with Crippen LogP contribution < -0.4 is 5.63 Å². The van der Waals surface area contributed by atoms with Gasteiger partial charge >= 0.3 is 5.63 Å². The molecule has 2 aromatic rings. The molecule has 0 unspecified atom stereocenters. The molecule has 0 aromatic carbocycles. The molecule has 4 heteroatoms. The van der Waals surface area contributed by atoms with E-state index in [1.165, 1.54) is 6.26 Å². The zero-order chi connectivity index (χ0) is 9.26. The Labute approximate surface area is 82.1 Å². The van der Waals surface area contributed by atoms with Gasteiger partial charge in [-0.25, -0.2) is 4.79 Å². The minimum absolute atomic E-state index is 0.390. The minimum atomic E-state index is -0.393. The van der Waals surface area contributed by atoms with Crippen LogP contribution in [0.3, 0.4) is 0 Å². The van der Waals surface area contributed by atoms with Gasteiger partial charge in [0.1, 0.15) is 16.5 Å². The zero-order valence-electron chi connectivity index (χ0n) is 6.49. The van der Waals surface area contributed by atoms with Crippen molar-refractivity contribution in [1.82, 2.24) is 0 Å². The van der Waals surface area contributed by atoms with Gasteiger partial charge in [-0.15, -0.1) is 0 Å². The second kappa shape index (κ2) is 3.22. The van der Waals surface area contributed by atoms with E-state index in [0.717, 1.165) is 5.56 Å². The predicted molar refractivity (Wildman–Crippen MR) is 50.4 cm³/mol. The molecule has 0 bridgehead atoms. The topological polar surface area (TPSA) is 43.4 Å². The van der Waals surface area contributed by atoms with Crippen LogP contribution in [0, 0.1) is 0 Å². The van der Waals surface area contributed by atoms with Gasteiger partial charge in [-0.2, -0.15) is 0 Å². The molecule has 2 heterocycles. The Kier molecular flexibility index (Phi) is 2.06. The first-order valence-corrected chi connectivity index (χ1v) is 4.39. The van der Waals surface area contributed by atoms with Crippen LogP contribution in [-0.2, 0) is 0 Å². The van der Waals surface area contributed by atoms with Gasteiger partial charge in [-0.05, 0) is 34.1 Å². The molecule has 0 N–H and O–H groups in total. The summed E-state index contributed by atoms with van der Waals surface area (Å²) in [6, 6.07) is 5.22. The lowest BCUT2D eigenvalue weighted by Gasteiger charge is -1.94. The molecule has 0 saturated heterocycles. The first kappa shape index (κ1) is 8.31. The number of hydrogen-bond donors (Lipinski definition) is 0. The van der Waals surface area contributed by atoms with Crippen molar-refractivity contribution in [3.63, 3.8) is 0 Å². The van der Waals surface area contributed by atoms with E-state index < -0.39 is 5.63 Å². The van der Waals surface area contributed by atoms with E-state index in [1.807, 2.05) is 0 Å². The van der Waals surface area contributed by atoms with Crippen molar-refractivity contribution < 1.29 is 8.83 Å². The fourth-order valence-electron chi connectivity index (χ4n) is 0.975. The van der Waals surface area contributed by atoms with Gasteiger partial charge in [0.15, 0.2) is 0 Å². The van der Waals surface area contributed by atoms with Gasteiger partial charge in [-0.1, -0.05) is 0 Å². The monoisotopic (exact) mass is 240 g/mol. The van der Waals surface area contributed by atoms with E-state index in [0.29, 0.717) is 10.2 Å². The average Bonchev–Trinajstić information content (AvgIpc) is 2.62. The van der Waals surface area contributed by atoms with E-state index in [2.05, 4.69) is 15.9 Å². The lowest BCUT2D eigenvalue weighted by molar-refractivity contribution is 0.503. The Morgan fingerprint density at radius 3 is 2.77 bits per heavy atom. The Balaban J connectivity index is 2.55. The normalized spacial score (nSPS) is 10.2. The molecule has 0 aliphatic rings. The van der Waals surface area contributed by atoms with E-state index in [1.54, 1.807) is 24.5 Å². The molecule has 66 valence electrons. The summed E-state index contributed by atoms with van der Waals surface area (Å²) in [6.07, 6.45) is 2.93. The summed E-state index contributed by atoms with van der Waals surface area (Å²) in [5.74, 6) is 0.671. The van der Waals surface area contributed by atoms with Gasteiger partial charge in [0.25, 0.3) is 0 Å². The molecule has 0 radical (unpaired) electrons. The molecule has 0 fully saturated rings. The van der Waals surface area contributed by atoms with Crippen molar-refractivity contribution in [1.29, 1.82) is 0 Å². The van der Waals surface area contributed by atoms with Crippen LogP contribution in [-0.4, -0.2) is 0 Å². The highest BCUT2D eigenvalue weighted by atomic mass is 79.9. The van der Waals surface area contributed by atoms with Crippen LogP contribution in [0.2, 0.25) is 0 Å². The van der Waals surface area contributed by atoms with Crippen molar-refractivity contribution in [2.24, 2.45) is 0 Å². The van der Waals surface area contributed by atoms with Crippen LogP contribution in [0.5, 0.6) is 0 Å². The Morgan fingerprint density at radius 1 is 1.31 bits per heavy atom. The molecule has 3 nitrogen and oxygen atoms in total. The first-order chi connectivity index (χ1) is 6.27. The lowest BCUT2D eigenvalue weighted by Crippen LogP contribution is -1.97. The average molecular weight is 241 g/mol. The quantitative estimate of drug-likeness (QED) is 0.770. The molecule has 13 heavy (non-hydrogen) atoms. The molecular weight excluding hydrogens is 236 g/mol. The summed E-state index contributed by atoms with van der Waals surface area (Å²) in [5, 5.41) is 0. The molecule has 0 aliphatic carbocycles. The van der Waals surface area contributed by atoms with Gasteiger partial charge in [0.05, 0.1) is 11.8 Å². The van der Waals surface area contributed by atoms with E-state index in [-0.39, 0.29) is 0 Å². The molecule has 2 rings (SSSR count). The Morgan fingerprint density at radius 2 is 2.15 bits per heavy atom. The summed E-state index contributed by atoms with van der Waals surface area (Å²) in [4.78, 5) is 10.9. The van der Waals surface area contributed by atoms with Gasteiger partial charge in [0.2, 0.25) is 0 Å². The van der Waals surface area contributed by atoms with Gasteiger partial charge in [-0.3, -0.25) is 0 Å². The second-order valence-electron chi connectivity index (χ2n) is 2.45. The first-order valence-electron chi connectivity index (χ1n) is 3.59. The van der Waals surface area contributed by atoms with E-state index in [4.69, 9.17) is 8.83 Å². The van der Waals surface area contributed by atoms with Gasteiger partial charge < -0.3 is 8.83 Å². The third kappa shape index (κ3) is 1.58. The van der Waals surface area contributed by atoms with Crippen LogP contribution >= 0.6 is 15.9 Å². The maximum absolute atomic E-state index is 10.9. The van der Waals surface area contributed by atoms with Crippen LogP contribution in [0.25, 0.3) is 11.3 Å². The van der Waals surface area contributed by atoms with Crippen molar-refractivity contribution in [2.45, 2.75) is 0 Å². The van der Waals surface area contributed by atoms with Crippen LogP contribution in [0.1, 0.15) is 0 Å². The highest BCUT2D eigenvalue weighted by molar-refractivity contribution is 9.10. The Bertz CT molecular complexity index is 456. The zero-order valence-corrected chi connectivity index (χ0v) is 8.08. The van der Waals surface area contributed by atoms with E-state index in [9.17, 15) is 4.79 Å². The smallest absolute Gasteiger partial charge is 0.350 e. The van der Waals surface area contributed by atoms with Crippen molar-refractivity contribution in [3.8, 4) is 11.3 Å². The molecule has 2 aromatic heterocycles. The molecule has 0 aliphatic heterocycles. The minimum Gasteiger partial charge on any atom is -0.464 e. The SMILES string of the molecule is O=c1occ(-c2ccco2)cc1Br. The number of rotatable bonds is 1. The largest absolute Gasteiger partial charge is 0.464 e. The number of furan rings is 1. The molecule has 0 atom stereocenters. The lowest BCUT2D eigenvalue weighted by atomic mass is 10.2. The summed E-state index contributed by atoms with van der Waals surface area (Å²) < 4.78 is 10.3. The third-order valence-corrected chi connectivity index (χ3v) is 2.13. The summed E-state index contributed by atoms with van der Waals surface area (Å²) in [6.45, 7) is 0. The fourth-order valence-corrected chi connectivity index (χ4v) is 1.31. The highest BCUT2D eigenvalue weighted by Gasteiger charge is 2.04. The maximum Gasteiger partial charge on any atom is 0.350 e. The van der Waals surface area contributed by atoms with Crippen molar-refractivity contribution in [3.05, 3.63) is 45.6 Å². The number of halogens is 1. The van der Waals surface area contributed by atoms with E-state index >= 15 is 0 Å². The molecular formula is C9H5BrO3. The predicted octanol–water partition coefficient (Wildman–Crippen LogP) is 2.66. The molecule has 0 spiro atoms. The van der Waals surface area contributed by atoms with Crippen molar-refractivity contribution in [2.75, 3.05) is 0 Å².